The van der Waals surface area contributed by atoms with E-state index >= 15 is 8.78 Å². The number of rotatable bonds is 9. The van der Waals surface area contributed by atoms with Crippen LogP contribution < -0.4 is 4.57 Å². The summed E-state index contributed by atoms with van der Waals surface area (Å²) < 4.78 is 33.3. The molecule has 0 unspecified atom stereocenters. The first-order valence-corrected chi connectivity index (χ1v) is 14.1. The first kappa shape index (κ1) is 32.9. The highest BCUT2D eigenvalue weighted by Gasteiger charge is 2.44. The molecule has 224 valence electrons. The summed E-state index contributed by atoms with van der Waals surface area (Å²) >= 11 is 18.8. The number of ketones is 1. The fraction of sp³-hybridized carbons (Fsp3) is 0.536. The number of allylic oxidation sites excluding steroid dienone is 1. The van der Waals surface area contributed by atoms with Crippen LogP contribution in [0, 0.1) is 10.8 Å². The van der Waals surface area contributed by atoms with Gasteiger partial charge < -0.3 is 10.0 Å². The fourth-order valence-electron chi connectivity index (χ4n) is 5.03. The Labute approximate surface area is 252 Å². The Bertz CT molecular complexity index is 1380. The van der Waals surface area contributed by atoms with Crippen LogP contribution in [0.25, 0.3) is 0 Å². The number of carbonyl (C=O) groups is 3. The second kappa shape index (κ2) is 12.0. The van der Waals surface area contributed by atoms with Crippen LogP contribution in [0.5, 0.6) is 0 Å². The lowest BCUT2D eigenvalue weighted by molar-refractivity contribution is -0.669. The molecule has 0 atom stereocenters. The Hall–Kier alpha value is -2.56. The van der Waals surface area contributed by atoms with Gasteiger partial charge in [-0.25, -0.2) is 0 Å². The number of aliphatic carboxylic acids is 1. The summed E-state index contributed by atoms with van der Waals surface area (Å²) in [5.41, 5.74) is -2.61. The minimum atomic E-state index is -3.64. The Morgan fingerprint density at radius 1 is 1.24 bits per heavy atom. The van der Waals surface area contributed by atoms with E-state index in [-0.39, 0.29) is 58.6 Å². The van der Waals surface area contributed by atoms with Crippen molar-refractivity contribution in [1.82, 2.24) is 14.7 Å². The molecule has 1 N–H and O–H groups in total. The molecule has 0 radical (unpaired) electrons. The molecule has 1 amide bonds. The molecule has 8 nitrogen and oxygen atoms in total. The van der Waals surface area contributed by atoms with Crippen LogP contribution in [0.1, 0.15) is 85.8 Å². The second-order valence-electron chi connectivity index (χ2n) is 12.0. The first-order chi connectivity index (χ1) is 18.8. The molecule has 41 heavy (non-hydrogen) atoms. The molecule has 13 heteroatoms. The zero-order chi connectivity index (χ0) is 31.1. The van der Waals surface area contributed by atoms with Crippen LogP contribution in [-0.4, -0.2) is 50.5 Å². The first-order valence-electron chi connectivity index (χ1n) is 13.0. The van der Waals surface area contributed by atoms with Crippen LogP contribution in [0.3, 0.4) is 0 Å². The SMILES string of the molecule is C=CC(F)(F)c1c(C(=O)N(CC(=O)c2c(Cl)c[n+](C)c(Cl)c2Cl)CC(C)(C)C)cnn1C1CCC(C)(C(=O)O)CC1. The maximum absolute atomic E-state index is 15.4. The summed E-state index contributed by atoms with van der Waals surface area (Å²) in [4.78, 5) is 40.2. The monoisotopic (exact) mass is 633 g/mol. The van der Waals surface area contributed by atoms with Crippen molar-refractivity contribution < 1.29 is 32.8 Å². The van der Waals surface area contributed by atoms with Gasteiger partial charge in [0.2, 0.25) is 0 Å². The zero-order valence-electron chi connectivity index (χ0n) is 23.6. The molecule has 0 spiro atoms. The molecule has 2 aromatic rings. The third-order valence-corrected chi connectivity index (χ3v) is 8.55. The Morgan fingerprint density at radius 3 is 2.34 bits per heavy atom. The summed E-state index contributed by atoms with van der Waals surface area (Å²) in [6.07, 6.45) is 4.01. The number of hydrogen-bond acceptors (Lipinski definition) is 4. The minimum Gasteiger partial charge on any atom is -0.481 e. The Morgan fingerprint density at radius 2 is 1.83 bits per heavy atom. The maximum atomic E-state index is 15.4. The number of nitrogens with zero attached hydrogens (tertiary/aromatic N) is 4. The van der Waals surface area contributed by atoms with Crippen LogP contribution in [0.4, 0.5) is 8.78 Å². The van der Waals surface area contributed by atoms with E-state index in [1.165, 1.54) is 15.7 Å². The van der Waals surface area contributed by atoms with Crippen LogP contribution in [0.15, 0.2) is 25.0 Å². The lowest BCUT2D eigenvalue weighted by atomic mass is 9.74. The molecular formula is C28H34Cl3F2N4O4+. The number of Topliss-reactive ketones (excluding diaryl/α,β-unsaturated/α-hetero) is 1. The van der Waals surface area contributed by atoms with Crippen molar-refractivity contribution >= 4 is 52.5 Å². The molecule has 0 aliphatic heterocycles. The molecule has 1 fully saturated rings. The number of carbonyl (C=O) groups excluding carboxylic acids is 2. The molecule has 0 saturated heterocycles. The zero-order valence-corrected chi connectivity index (χ0v) is 25.9. The van der Waals surface area contributed by atoms with E-state index in [4.69, 9.17) is 34.8 Å². The molecule has 1 aliphatic carbocycles. The number of alkyl halides is 2. The van der Waals surface area contributed by atoms with E-state index < -0.39 is 52.7 Å². The van der Waals surface area contributed by atoms with E-state index in [0.29, 0.717) is 6.08 Å². The van der Waals surface area contributed by atoms with Gasteiger partial charge in [0.05, 0.1) is 35.3 Å². The van der Waals surface area contributed by atoms with Crippen molar-refractivity contribution in [3.05, 3.63) is 57.1 Å². The summed E-state index contributed by atoms with van der Waals surface area (Å²) in [5, 5.41) is 13.7. The van der Waals surface area contributed by atoms with Gasteiger partial charge in [-0.1, -0.05) is 50.6 Å². The predicted molar refractivity (Wildman–Crippen MR) is 152 cm³/mol. The topological polar surface area (TPSA) is 96.4 Å². The summed E-state index contributed by atoms with van der Waals surface area (Å²) in [5.74, 6) is -6.03. The number of amides is 1. The summed E-state index contributed by atoms with van der Waals surface area (Å²) in [6, 6.07) is -0.549. The fourth-order valence-corrected chi connectivity index (χ4v) is 5.91. The summed E-state index contributed by atoms with van der Waals surface area (Å²) in [6.45, 7) is 9.91. The highest BCUT2D eigenvalue weighted by atomic mass is 35.5. The molecule has 3 rings (SSSR count). The lowest BCUT2D eigenvalue weighted by Crippen LogP contribution is -2.42. The molecule has 2 heterocycles. The van der Waals surface area contributed by atoms with Crippen molar-refractivity contribution in [3.63, 3.8) is 0 Å². The van der Waals surface area contributed by atoms with E-state index in [1.807, 2.05) is 20.8 Å². The number of carboxylic acids is 1. The average molecular weight is 635 g/mol. The summed E-state index contributed by atoms with van der Waals surface area (Å²) in [7, 11) is 1.59. The highest BCUT2D eigenvalue weighted by molar-refractivity contribution is 6.45. The Kier molecular flexibility index (Phi) is 9.62. The number of aryl methyl sites for hydroxylation is 1. The minimum absolute atomic E-state index is 0.0208. The van der Waals surface area contributed by atoms with E-state index in [1.54, 1.807) is 14.0 Å². The van der Waals surface area contributed by atoms with Crippen molar-refractivity contribution in [2.75, 3.05) is 13.1 Å². The van der Waals surface area contributed by atoms with E-state index in [9.17, 15) is 19.5 Å². The van der Waals surface area contributed by atoms with E-state index in [0.717, 1.165) is 10.9 Å². The van der Waals surface area contributed by atoms with Gasteiger partial charge in [0.1, 0.15) is 22.8 Å². The molecule has 1 saturated carbocycles. The lowest BCUT2D eigenvalue weighted by Gasteiger charge is -2.35. The standard InChI is InChI=1S/C28H33Cl3F2N4O4/c1-7-28(32,33)22-17(12-34-37(22)16-8-10-27(5,11-9-16)25(40)41)24(39)36(15-26(2,3)4)14-19(38)20-18(29)13-35(6)23(31)21(20)30/h7,12-13,16H,1,8-11,14-15H2,2-6H3/p+1. The van der Waals surface area contributed by atoms with Gasteiger partial charge in [-0.15, -0.1) is 0 Å². The van der Waals surface area contributed by atoms with Crippen molar-refractivity contribution in [2.24, 2.45) is 17.9 Å². The number of hydrogen-bond donors (Lipinski definition) is 1. The molecule has 2 aromatic heterocycles. The van der Waals surface area contributed by atoms with Gasteiger partial charge in [-0.2, -0.15) is 18.4 Å². The second-order valence-corrected chi connectivity index (χ2v) is 13.1. The number of carboxylic acid groups (broad SMARTS) is 1. The van der Waals surface area contributed by atoms with Crippen molar-refractivity contribution in [3.8, 4) is 0 Å². The number of aromatic nitrogens is 3. The van der Waals surface area contributed by atoms with Crippen molar-refractivity contribution in [1.29, 1.82) is 0 Å². The van der Waals surface area contributed by atoms with Gasteiger partial charge in [-0.05, 0) is 55.7 Å². The molecule has 1 aliphatic rings. The van der Waals surface area contributed by atoms with Gasteiger partial charge in [0.25, 0.3) is 11.1 Å². The van der Waals surface area contributed by atoms with Crippen LogP contribution in [0.2, 0.25) is 15.2 Å². The highest BCUT2D eigenvalue weighted by Crippen LogP contribution is 2.43. The van der Waals surface area contributed by atoms with E-state index in [2.05, 4.69) is 11.7 Å². The van der Waals surface area contributed by atoms with Crippen LogP contribution >= 0.6 is 34.8 Å². The normalized spacial score (nSPS) is 19.6. The molecule has 0 bridgehead atoms. The predicted octanol–water partition coefficient (Wildman–Crippen LogP) is 6.52. The van der Waals surface area contributed by atoms with Gasteiger partial charge in [0.15, 0.2) is 12.0 Å². The van der Waals surface area contributed by atoms with Gasteiger partial charge in [0, 0.05) is 6.54 Å². The third kappa shape index (κ3) is 6.92. The number of halogens is 5. The quantitative estimate of drug-likeness (QED) is 0.147. The maximum Gasteiger partial charge on any atom is 0.309 e. The smallest absolute Gasteiger partial charge is 0.309 e. The van der Waals surface area contributed by atoms with Gasteiger partial charge in [-0.3, -0.25) is 19.1 Å². The van der Waals surface area contributed by atoms with Crippen molar-refractivity contribution in [2.45, 2.75) is 65.3 Å². The molecular weight excluding hydrogens is 601 g/mol. The third-order valence-electron chi connectivity index (χ3n) is 7.34. The van der Waals surface area contributed by atoms with Crippen LogP contribution in [-0.2, 0) is 17.8 Å². The number of pyridine rings is 1. The average Bonchev–Trinajstić information content (AvgIpc) is 3.32. The molecule has 0 aromatic carbocycles. The largest absolute Gasteiger partial charge is 0.481 e. The van der Waals surface area contributed by atoms with Gasteiger partial charge >= 0.3 is 11.9 Å². The Balaban J connectivity index is 2.04.